The van der Waals surface area contributed by atoms with Gasteiger partial charge in [-0.3, -0.25) is 4.79 Å². The quantitative estimate of drug-likeness (QED) is 0.333. The molecule has 4 rings (SSSR count). The number of fused-ring (bicyclic) bond motifs is 3. The van der Waals surface area contributed by atoms with Gasteiger partial charge in [-0.1, -0.05) is 78.9 Å². The third kappa shape index (κ3) is 6.28. The maximum absolute atomic E-state index is 12.2. The summed E-state index contributed by atoms with van der Waals surface area (Å²) in [6.45, 7) is 1.35. The van der Waals surface area contributed by atoms with Crippen molar-refractivity contribution >= 4 is 18.0 Å². The fraction of sp³-hybridized carbons (Fsp3) is 0.250. The Kier molecular flexibility index (Phi) is 8.31. The molecule has 0 heterocycles. The van der Waals surface area contributed by atoms with Gasteiger partial charge in [0.2, 0.25) is 5.91 Å². The van der Waals surface area contributed by atoms with Crippen molar-refractivity contribution in [1.29, 1.82) is 0 Å². The fourth-order valence-electron chi connectivity index (χ4n) is 4.03. The molecule has 0 saturated carbocycles. The third-order valence-electron chi connectivity index (χ3n) is 5.90. The van der Waals surface area contributed by atoms with Crippen LogP contribution in [0.1, 0.15) is 29.5 Å². The van der Waals surface area contributed by atoms with Gasteiger partial charge in [0.1, 0.15) is 26.5 Å². The Hall–Kier alpha value is -4.17. The van der Waals surface area contributed by atoms with Gasteiger partial charge in [-0.25, -0.2) is 9.59 Å². The molecule has 8 heteroatoms. The summed E-state index contributed by atoms with van der Waals surface area (Å²) in [6, 6.07) is 25.4. The summed E-state index contributed by atoms with van der Waals surface area (Å²) in [5.74, 6) is -1.08. The summed E-state index contributed by atoms with van der Waals surface area (Å²) in [5.41, 5.74) is 5.36. The maximum atomic E-state index is 12.2. The molecule has 2 N–H and O–H groups in total. The lowest BCUT2D eigenvalue weighted by atomic mass is 9.98. The highest BCUT2D eigenvalue weighted by Gasteiger charge is 2.29. The smallest absolute Gasteiger partial charge is 0.407 e. The van der Waals surface area contributed by atoms with Crippen LogP contribution in [-0.2, 0) is 30.4 Å². The highest BCUT2D eigenvalue weighted by atomic mass is 16.6. The van der Waals surface area contributed by atoms with E-state index < -0.39 is 24.1 Å². The first-order valence-corrected chi connectivity index (χ1v) is 11.7. The standard InChI is InChI=1S/C28H28N2O6/c1-19(27(32)34-16-20-9-3-2-4-10-20)36-18-30-26(31)15-29-28(33)35-17-25-23-13-7-5-11-21(23)22-12-6-8-14-24(22)25/h2-14,19,25H,15-18H2,1H3,(H,29,33)(H,30,31). The lowest BCUT2D eigenvalue weighted by Crippen LogP contribution is -2.39. The van der Waals surface area contributed by atoms with E-state index in [4.69, 9.17) is 14.2 Å². The van der Waals surface area contributed by atoms with E-state index in [0.29, 0.717) is 0 Å². The Morgan fingerprint density at radius 3 is 2.08 bits per heavy atom. The monoisotopic (exact) mass is 488 g/mol. The second-order valence-electron chi connectivity index (χ2n) is 8.33. The zero-order valence-corrected chi connectivity index (χ0v) is 19.9. The van der Waals surface area contributed by atoms with Crippen molar-refractivity contribution in [3.63, 3.8) is 0 Å². The van der Waals surface area contributed by atoms with Crippen molar-refractivity contribution in [3.8, 4) is 11.1 Å². The first-order valence-electron chi connectivity index (χ1n) is 11.7. The second-order valence-corrected chi connectivity index (χ2v) is 8.33. The van der Waals surface area contributed by atoms with Gasteiger partial charge in [0.15, 0.2) is 6.10 Å². The molecule has 0 bridgehead atoms. The van der Waals surface area contributed by atoms with Crippen LogP contribution in [0.4, 0.5) is 4.79 Å². The molecule has 2 amide bonds. The van der Waals surface area contributed by atoms with Gasteiger partial charge in [0.25, 0.3) is 0 Å². The Balaban J connectivity index is 1.14. The van der Waals surface area contributed by atoms with Crippen LogP contribution in [0.15, 0.2) is 78.9 Å². The van der Waals surface area contributed by atoms with Crippen molar-refractivity contribution in [2.24, 2.45) is 0 Å². The van der Waals surface area contributed by atoms with E-state index in [0.717, 1.165) is 27.8 Å². The summed E-state index contributed by atoms with van der Waals surface area (Å²) >= 11 is 0. The fourth-order valence-corrected chi connectivity index (χ4v) is 4.03. The highest BCUT2D eigenvalue weighted by molar-refractivity contribution is 5.82. The maximum Gasteiger partial charge on any atom is 0.407 e. The molecule has 1 atom stereocenters. The van der Waals surface area contributed by atoms with E-state index in [1.165, 1.54) is 6.92 Å². The summed E-state index contributed by atoms with van der Waals surface area (Å²) < 4.78 is 15.9. The topological polar surface area (TPSA) is 103 Å². The lowest BCUT2D eigenvalue weighted by molar-refractivity contribution is -0.158. The molecule has 0 radical (unpaired) electrons. The number of nitrogens with one attached hydrogen (secondary N) is 2. The van der Waals surface area contributed by atoms with Crippen molar-refractivity contribution in [1.82, 2.24) is 10.6 Å². The zero-order valence-electron chi connectivity index (χ0n) is 19.9. The largest absolute Gasteiger partial charge is 0.459 e. The Labute approximate surface area is 209 Å². The van der Waals surface area contributed by atoms with Gasteiger partial charge in [0, 0.05) is 5.92 Å². The highest BCUT2D eigenvalue weighted by Crippen LogP contribution is 2.44. The summed E-state index contributed by atoms with van der Waals surface area (Å²) in [7, 11) is 0. The summed E-state index contributed by atoms with van der Waals surface area (Å²) in [5, 5.41) is 4.91. The van der Waals surface area contributed by atoms with Crippen LogP contribution < -0.4 is 10.6 Å². The molecule has 1 aliphatic carbocycles. The number of ether oxygens (including phenoxy) is 3. The molecule has 0 spiro atoms. The summed E-state index contributed by atoms with van der Waals surface area (Å²) in [6.07, 6.45) is -1.55. The van der Waals surface area contributed by atoms with Gasteiger partial charge in [-0.05, 0) is 34.7 Å². The number of carbonyl (C=O) groups excluding carboxylic acids is 3. The molecule has 1 unspecified atom stereocenters. The van der Waals surface area contributed by atoms with Crippen LogP contribution in [-0.4, -0.2) is 44.0 Å². The van der Waals surface area contributed by atoms with E-state index in [9.17, 15) is 14.4 Å². The van der Waals surface area contributed by atoms with Crippen molar-refractivity contribution in [2.75, 3.05) is 19.9 Å². The predicted octanol–water partition coefficient (Wildman–Crippen LogP) is 3.75. The van der Waals surface area contributed by atoms with E-state index >= 15 is 0 Å². The number of benzene rings is 3. The zero-order chi connectivity index (χ0) is 25.3. The van der Waals surface area contributed by atoms with Crippen molar-refractivity contribution in [2.45, 2.75) is 25.6 Å². The number of esters is 1. The molecular weight excluding hydrogens is 460 g/mol. The van der Waals surface area contributed by atoms with Crippen molar-refractivity contribution < 1.29 is 28.6 Å². The first kappa shape index (κ1) is 24.9. The van der Waals surface area contributed by atoms with Gasteiger partial charge in [0.05, 0.1) is 0 Å². The number of amides is 2. The van der Waals surface area contributed by atoms with Gasteiger partial charge < -0.3 is 24.8 Å². The van der Waals surface area contributed by atoms with E-state index in [1.807, 2.05) is 66.7 Å². The molecule has 0 aromatic heterocycles. The van der Waals surface area contributed by atoms with Crippen molar-refractivity contribution in [3.05, 3.63) is 95.6 Å². The molecule has 0 saturated heterocycles. The summed E-state index contributed by atoms with van der Waals surface area (Å²) in [4.78, 5) is 36.2. The minimum atomic E-state index is -0.857. The number of hydrogen-bond acceptors (Lipinski definition) is 6. The number of alkyl carbamates (subject to hydrolysis) is 1. The molecule has 0 fully saturated rings. The number of hydrogen-bond donors (Lipinski definition) is 2. The third-order valence-corrected chi connectivity index (χ3v) is 5.90. The molecule has 0 aliphatic heterocycles. The SMILES string of the molecule is CC(OCNC(=O)CNC(=O)OCC1c2ccccc2-c2ccccc21)C(=O)OCc1ccccc1. The van der Waals surface area contributed by atoms with Crippen LogP contribution in [0, 0.1) is 0 Å². The minimum Gasteiger partial charge on any atom is -0.459 e. The van der Waals surface area contributed by atoms with Gasteiger partial charge in [-0.15, -0.1) is 0 Å². The molecule has 186 valence electrons. The van der Waals surface area contributed by atoms with Crippen LogP contribution in [0.2, 0.25) is 0 Å². The molecule has 36 heavy (non-hydrogen) atoms. The predicted molar refractivity (Wildman–Crippen MR) is 133 cm³/mol. The Bertz CT molecular complexity index is 1170. The van der Waals surface area contributed by atoms with Gasteiger partial charge >= 0.3 is 12.1 Å². The average Bonchev–Trinajstić information content (AvgIpc) is 3.23. The molecule has 8 nitrogen and oxygen atoms in total. The van der Waals surface area contributed by atoms with E-state index in [2.05, 4.69) is 22.8 Å². The normalized spacial score (nSPS) is 12.7. The Morgan fingerprint density at radius 1 is 0.806 bits per heavy atom. The molecule has 3 aromatic rings. The Morgan fingerprint density at radius 2 is 1.42 bits per heavy atom. The number of carbonyl (C=O) groups is 3. The minimum absolute atomic E-state index is 0.0616. The average molecular weight is 489 g/mol. The second kappa shape index (κ2) is 12.0. The van der Waals surface area contributed by atoms with Gasteiger partial charge in [-0.2, -0.15) is 0 Å². The van der Waals surface area contributed by atoms with Crippen LogP contribution in [0.25, 0.3) is 11.1 Å². The molecule has 1 aliphatic rings. The van der Waals surface area contributed by atoms with E-state index in [-0.39, 0.29) is 32.4 Å². The lowest BCUT2D eigenvalue weighted by Gasteiger charge is -2.15. The molecule has 3 aromatic carbocycles. The van der Waals surface area contributed by atoms with Crippen LogP contribution in [0.5, 0.6) is 0 Å². The number of rotatable bonds is 10. The van der Waals surface area contributed by atoms with Crippen LogP contribution >= 0.6 is 0 Å². The van der Waals surface area contributed by atoms with E-state index in [1.54, 1.807) is 0 Å². The van der Waals surface area contributed by atoms with Crippen LogP contribution in [0.3, 0.4) is 0 Å². The first-order chi connectivity index (χ1) is 17.5. The molecular formula is C28H28N2O6.